The highest BCUT2D eigenvalue weighted by atomic mass is 16.6. The average Bonchev–Trinajstić information content (AvgIpc) is 2.69. The molecule has 1 aromatic rings. The van der Waals surface area contributed by atoms with Gasteiger partial charge in [-0.2, -0.15) is 0 Å². The molecule has 0 radical (unpaired) electrons. The Hall–Kier alpha value is -2.04. The number of amides is 1. The zero-order chi connectivity index (χ0) is 15.4. The second-order valence-electron chi connectivity index (χ2n) is 5.78. The maximum Gasteiger partial charge on any atom is 0.328 e. The van der Waals surface area contributed by atoms with Gasteiger partial charge in [0.15, 0.2) is 0 Å². The molecule has 0 saturated carbocycles. The fraction of sp³-hybridized carbons (Fsp3) is 0.500. The first-order chi connectivity index (χ1) is 9.94. The minimum absolute atomic E-state index is 0.0129. The van der Waals surface area contributed by atoms with E-state index in [-0.39, 0.29) is 30.1 Å². The van der Waals surface area contributed by atoms with Crippen LogP contribution in [0.1, 0.15) is 32.8 Å². The van der Waals surface area contributed by atoms with Crippen molar-refractivity contribution in [2.75, 3.05) is 5.32 Å². The maximum absolute atomic E-state index is 11.7. The summed E-state index contributed by atoms with van der Waals surface area (Å²) in [6, 6.07) is 7.42. The molecule has 1 fully saturated rings. The molecule has 0 unspecified atom stereocenters. The maximum atomic E-state index is 11.7. The van der Waals surface area contributed by atoms with E-state index in [1.54, 1.807) is 0 Å². The zero-order valence-corrected chi connectivity index (χ0v) is 12.7. The van der Waals surface area contributed by atoms with Crippen LogP contribution in [0.4, 0.5) is 5.69 Å². The van der Waals surface area contributed by atoms with Crippen molar-refractivity contribution >= 4 is 17.6 Å². The number of nitrogens with one attached hydrogen (secondary N) is 2. The summed E-state index contributed by atoms with van der Waals surface area (Å²) in [7, 11) is 0. The van der Waals surface area contributed by atoms with Gasteiger partial charge in [-0.05, 0) is 38.5 Å². The van der Waals surface area contributed by atoms with Crippen LogP contribution in [0.15, 0.2) is 24.3 Å². The smallest absolute Gasteiger partial charge is 0.328 e. The van der Waals surface area contributed by atoms with Crippen LogP contribution in [-0.4, -0.2) is 30.1 Å². The van der Waals surface area contributed by atoms with Gasteiger partial charge in [-0.3, -0.25) is 4.79 Å². The van der Waals surface area contributed by atoms with E-state index in [0.717, 1.165) is 11.3 Å². The van der Waals surface area contributed by atoms with E-state index >= 15 is 0 Å². The third kappa shape index (κ3) is 4.48. The van der Waals surface area contributed by atoms with E-state index in [2.05, 4.69) is 10.6 Å². The van der Waals surface area contributed by atoms with Gasteiger partial charge in [-0.15, -0.1) is 0 Å². The Labute approximate surface area is 125 Å². The molecule has 1 saturated heterocycles. The molecular weight excluding hydrogens is 268 g/mol. The van der Waals surface area contributed by atoms with Crippen LogP contribution in [0, 0.1) is 0 Å². The van der Waals surface area contributed by atoms with Crippen molar-refractivity contribution in [1.82, 2.24) is 5.32 Å². The van der Waals surface area contributed by atoms with Crippen molar-refractivity contribution in [2.45, 2.75) is 51.8 Å². The van der Waals surface area contributed by atoms with Crippen LogP contribution >= 0.6 is 0 Å². The minimum atomic E-state index is -0.282. The fourth-order valence-electron chi connectivity index (χ4n) is 2.35. The number of carbonyl (C=O) groups is 2. The highest BCUT2D eigenvalue weighted by Crippen LogP contribution is 2.19. The molecule has 2 rings (SSSR count). The summed E-state index contributed by atoms with van der Waals surface area (Å²) >= 11 is 0. The third-order valence-electron chi connectivity index (χ3n) is 3.28. The Balaban J connectivity index is 1.90. The van der Waals surface area contributed by atoms with Gasteiger partial charge in [0.1, 0.15) is 12.1 Å². The normalized spacial score (nSPS) is 21.2. The van der Waals surface area contributed by atoms with Crippen LogP contribution in [-0.2, 0) is 20.7 Å². The van der Waals surface area contributed by atoms with Crippen molar-refractivity contribution in [2.24, 2.45) is 0 Å². The van der Waals surface area contributed by atoms with Gasteiger partial charge in [0.2, 0.25) is 5.91 Å². The van der Waals surface area contributed by atoms with Gasteiger partial charge in [-0.25, -0.2) is 4.79 Å². The van der Waals surface area contributed by atoms with E-state index in [9.17, 15) is 9.59 Å². The highest BCUT2D eigenvalue weighted by molar-refractivity contribution is 5.81. The molecule has 114 valence electrons. The van der Waals surface area contributed by atoms with Crippen molar-refractivity contribution in [3.63, 3.8) is 0 Å². The molecule has 0 aromatic heterocycles. The number of carbonyl (C=O) groups excluding carboxylic acids is 2. The summed E-state index contributed by atoms with van der Waals surface area (Å²) in [5.41, 5.74) is 1.81. The Kier molecular flexibility index (Phi) is 4.83. The second-order valence-corrected chi connectivity index (χ2v) is 5.78. The van der Waals surface area contributed by atoms with Crippen LogP contribution < -0.4 is 10.6 Å². The molecule has 0 aliphatic carbocycles. The van der Waals surface area contributed by atoms with Crippen molar-refractivity contribution in [3.05, 3.63) is 29.8 Å². The summed E-state index contributed by atoms with van der Waals surface area (Å²) in [4.78, 5) is 23.2. The first kappa shape index (κ1) is 15.4. The fourth-order valence-corrected chi connectivity index (χ4v) is 2.35. The van der Waals surface area contributed by atoms with Crippen LogP contribution in [0.25, 0.3) is 0 Å². The summed E-state index contributed by atoms with van der Waals surface area (Å²) in [6.07, 6.45) is 1.01. The SMILES string of the molecule is CC(C)NC(=O)Cc1ccc(N[C@H]2C[C@@H](C)OC2=O)cc1. The lowest BCUT2D eigenvalue weighted by atomic mass is 10.1. The quantitative estimate of drug-likeness (QED) is 0.812. The topological polar surface area (TPSA) is 67.4 Å². The van der Waals surface area contributed by atoms with Gasteiger partial charge in [-0.1, -0.05) is 12.1 Å². The lowest BCUT2D eigenvalue weighted by Gasteiger charge is -2.11. The number of hydrogen-bond donors (Lipinski definition) is 2. The summed E-state index contributed by atoms with van der Waals surface area (Å²) in [5, 5.41) is 6.02. The zero-order valence-electron chi connectivity index (χ0n) is 12.7. The number of anilines is 1. The van der Waals surface area contributed by atoms with E-state index in [4.69, 9.17) is 4.74 Å². The minimum Gasteiger partial charge on any atom is -0.461 e. The molecule has 1 aliphatic heterocycles. The average molecular weight is 290 g/mol. The summed E-state index contributed by atoms with van der Waals surface area (Å²) < 4.78 is 5.10. The van der Waals surface area contributed by atoms with Gasteiger partial charge in [0, 0.05) is 18.2 Å². The predicted octanol–water partition coefficient (Wildman–Crippen LogP) is 1.87. The number of ether oxygens (including phenoxy) is 1. The van der Waals surface area contributed by atoms with Crippen LogP contribution in [0.5, 0.6) is 0 Å². The van der Waals surface area contributed by atoms with E-state index in [0.29, 0.717) is 12.8 Å². The van der Waals surface area contributed by atoms with Crippen LogP contribution in [0.2, 0.25) is 0 Å². The van der Waals surface area contributed by atoms with Gasteiger partial charge in [0.25, 0.3) is 0 Å². The molecule has 0 spiro atoms. The molecule has 1 aliphatic rings. The van der Waals surface area contributed by atoms with Crippen molar-refractivity contribution in [1.29, 1.82) is 0 Å². The summed E-state index contributed by atoms with van der Waals surface area (Å²) in [6.45, 7) is 5.76. The van der Waals surface area contributed by atoms with Crippen LogP contribution in [0.3, 0.4) is 0 Å². The molecule has 1 aromatic carbocycles. The van der Waals surface area contributed by atoms with Gasteiger partial charge in [0.05, 0.1) is 6.42 Å². The second kappa shape index (κ2) is 6.61. The molecular formula is C16H22N2O3. The molecule has 2 N–H and O–H groups in total. The lowest BCUT2D eigenvalue weighted by Crippen LogP contribution is -2.31. The molecule has 0 bridgehead atoms. The number of rotatable bonds is 5. The Morgan fingerprint density at radius 1 is 1.33 bits per heavy atom. The van der Waals surface area contributed by atoms with E-state index in [1.165, 1.54) is 0 Å². The molecule has 5 nitrogen and oxygen atoms in total. The molecule has 1 heterocycles. The predicted molar refractivity (Wildman–Crippen MR) is 81.0 cm³/mol. The molecule has 21 heavy (non-hydrogen) atoms. The number of cyclic esters (lactones) is 1. The highest BCUT2D eigenvalue weighted by Gasteiger charge is 2.31. The Bertz CT molecular complexity index is 511. The Morgan fingerprint density at radius 3 is 2.52 bits per heavy atom. The first-order valence-electron chi connectivity index (χ1n) is 7.29. The molecule has 1 amide bonds. The number of benzene rings is 1. The van der Waals surface area contributed by atoms with Crippen molar-refractivity contribution in [3.8, 4) is 0 Å². The van der Waals surface area contributed by atoms with Crippen molar-refractivity contribution < 1.29 is 14.3 Å². The van der Waals surface area contributed by atoms with E-state index < -0.39 is 0 Å². The largest absolute Gasteiger partial charge is 0.461 e. The first-order valence-corrected chi connectivity index (χ1v) is 7.29. The van der Waals surface area contributed by atoms with Gasteiger partial charge < -0.3 is 15.4 Å². The number of hydrogen-bond acceptors (Lipinski definition) is 4. The molecule has 2 atom stereocenters. The van der Waals surface area contributed by atoms with Gasteiger partial charge >= 0.3 is 5.97 Å². The molecule has 5 heteroatoms. The Morgan fingerprint density at radius 2 is 2.00 bits per heavy atom. The number of esters is 1. The lowest BCUT2D eigenvalue weighted by molar-refractivity contribution is -0.141. The standard InChI is InChI=1S/C16H22N2O3/c1-10(2)17-15(19)9-12-4-6-13(7-5-12)18-14-8-11(3)21-16(14)20/h4-7,10-11,14,18H,8-9H2,1-3H3,(H,17,19)/t11-,14+/m1/s1. The third-order valence-corrected chi connectivity index (χ3v) is 3.28. The monoisotopic (exact) mass is 290 g/mol. The summed E-state index contributed by atoms with van der Waals surface area (Å²) in [5.74, 6) is -0.193. The van der Waals surface area contributed by atoms with E-state index in [1.807, 2.05) is 45.0 Å².